The second-order valence-electron chi connectivity index (χ2n) is 5.94. The molecule has 25 heavy (non-hydrogen) atoms. The Kier molecular flexibility index (Phi) is 4.60. The minimum absolute atomic E-state index is 0.00330. The highest BCUT2D eigenvalue weighted by molar-refractivity contribution is 7.90. The van der Waals surface area contributed by atoms with E-state index in [1.165, 1.54) is 33.3 Å². The molecule has 0 aromatic carbocycles. The van der Waals surface area contributed by atoms with Crippen LogP contribution in [0.15, 0.2) is 49.7 Å². The summed E-state index contributed by atoms with van der Waals surface area (Å²) < 4.78 is 56.0. The fourth-order valence-electron chi connectivity index (χ4n) is 2.66. The van der Waals surface area contributed by atoms with Gasteiger partial charge >= 0.3 is 0 Å². The van der Waals surface area contributed by atoms with Gasteiger partial charge in [-0.25, -0.2) is 16.8 Å². The summed E-state index contributed by atoms with van der Waals surface area (Å²) in [6, 6.07) is 5.22. The lowest BCUT2D eigenvalue weighted by Gasteiger charge is -2.12. The van der Waals surface area contributed by atoms with Crippen molar-refractivity contribution < 1.29 is 21.3 Å². The van der Waals surface area contributed by atoms with Crippen molar-refractivity contribution in [2.75, 3.05) is 19.3 Å². The van der Waals surface area contributed by atoms with E-state index in [4.69, 9.17) is 4.42 Å². The van der Waals surface area contributed by atoms with Gasteiger partial charge in [-0.3, -0.25) is 4.79 Å². The topological polar surface area (TPSA) is 107 Å². The van der Waals surface area contributed by atoms with Crippen molar-refractivity contribution in [2.24, 2.45) is 0 Å². The highest BCUT2D eigenvalue weighted by Crippen LogP contribution is 2.23. The van der Waals surface area contributed by atoms with Crippen LogP contribution in [0.3, 0.4) is 0 Å². The van der Waals surface area contributed by atoms with Crippen LogP contribution in [0, 0.1) is 0 Å². The van der Waals surface area contributed by atoms with Crippen LogP contribution < -0.4 is 5.56 Å². The molecule has 0 saturated carbocycles. The first kappa shape index (κ1) is 17.9. The zero-order chi connectivity index (χ0) is 18.2. The van der Waals surface area contributed by atoms with Gasteiger partial charge in [-0.05, 0) is 31.0 Å². The number of sulfone groups is 1. The Bertz CT molecular complexity index is 1040. The van der Waals surface area contributed by atoms with Crippen molar-refractivity contribution in [3.8, 4) is 0 Å². The molecule has 1 saturated heterocycles. The van der Waals surface area contributed by atoms with Crippen molar-refractivity contribution in [2.45, 2.75) is 29.4 Å². The van der Waals surface area contributed by atoms with Gasteiger partial charge in [0.1, 0.15) is 5.76 Å². The fourth-order valence-corrected chi connectivity index (χ4v) is 4.74. The second kappa shape index (κ2) is 6.43. The van der Waals surface area contributed by atoms with Gasteiger partial charge in [0.25, 0.3) is 15.6 Å². The van der Waals surface area contributed by atoms with Crippen LogP contribution in [0.4, 0.5) is 0 Å². The van der Waals surface area contributed by atoms with Gasteiger partial charge < -0.3 is 8.98 Å². The second-order valence-corrected chi connectivity index (χ2v) is 9.82. The lowest BCUT2D eigenvalue weighted by atomic mass is 10.4. The van der Waals surface area contributed by atoms with E-state index in [2.05, 4.69) is 0 Å². The molecule has 3 rings (SSSR count). The first-order valence-electron chi connectivity index (χ1n) is 7.67. The molecule has 10 heteroatoms. The first-order valence-corrected chi connectivity index (χ1v) is 11.0. The molecule has 1 aliphatic heterocycles. The summed E-state index contributed by atoms with van der Waals surface area (Å²) in [5.74, 6) is 0.255. The van der Waals surface area contributed by atoms with E-state index < -0.39 is 25.4 Å². The van der Waals surface area contributed by atoms with E-state index in [-0.39, 0.29) is 22.3 Å². The Hall–Kier alpha value is -1.91. The van der Waals surface area contributed by atoms with Crippen molar-refractivity contribution in [3.63, 3.8) is 0 Å². The molecule has 136 valence electrons. The number of aromatic nitrogens is 1. The molecule has 2 aromatic rings. The maximum Gasteiger partial charge on any atom is 0.276 e. The van der Waals surface area contributed by atoms with E-state index in [9.17, 15) is 21.6 Å². The van der Waals surface area contributed by atoms with Crippen molar-refractivity contribution in [1.82, 2.24) is 8.87 Å². The van der Waals surface area contributed by atoms with Crippen LogP contribution in [0.1, 0.15) is 18.6 Å². The number of pyridine rings is 1. The first-order chi connectivity index (χ1) is 11.7. The van der Waals surface area contributed by atoms with Crippen molar-refractivity contribution >= 4 is 19.9 Å². The zero-order valence-electron chi connectivity index (χ0n) is 13.6. The minimum atomic E-state index is -3.67. The normalized spacial score (nSPS) is 16.4. The van der Waals surface area contributed by atoms with E-state index in [0.29, 0.717) is 13.1 Å². The molecule has 0 atom stereocenters. The standard InChI is InChI=1S/C15H18N2O6S2/c1-24(19,20)13-5-6-14(18)16(11-13)10-12-4-7-15(23-12)25(21,22)17-8-2-3-9-17/h4-7,11H,2-3,8-10H2,1H3. The predicted molar refractivity (Wildman–Crippen MR) is 89.6 cm³/mol. The Labute approximate surface area is 145 Å². The SMILES string of the molecule is CS(=O)(=O)c1ccc(=O)n(Cc2ccc(S(=O)(=O)N3CCCC3)o2)c1. The quantitative estimate of drug-likeness (QED) is 0.748. The highest BCUT2D eigenvalue weighted by atomic mass is 32.2. The molecule has 1 fully saturated rings. The Morgan fingerprint density at radius 2 is 1.72 bits per heavy atom. The van der Waals surface area contributed by atoms with Gasteiger partial charge in [0.2, 0.25) is 5.09 Å². The predicted octanol–water partition coefficient (Wildman–Crippen LogP) is 0.678. The molecule has 0 N–H and O–H groups in total. The van der Waals surface area contributed by atoms with Crippen molar-refractivity contribution in [1.29, 1.82) is 0 Å². The summed E-state index contributed by atoms with van der Waals surface area (Å²) in [6.45, 7) is 0.875. The Morgan fingerprint density at radius 1 is 1.04 bits per heavy atom. The van der Waals surface area contributed by atoms with Crippen molar-refractivity contribution in [3.05, 3.63) is 46.6 Å². The van der Waals surface area contributed by atoms with Gasteiger partial charge in [-0.15, -0.1) is 0 Å². The highest BCUT2D eigenvalue weighted by Gasteiger charge is 2.30. The van der Waals surface area contributed by atoms with E-state index in [1.54, 1.807) is 0 Å². The molecule has 0 bridgehead atoms. The Morgan fingerprint density at radius 3 is 2.36 bits per heavy atom. The number of rotatable bonds is 5. The molecular formula is C15H18N2O6S2. The van der Waals surface area contributed by atoms with Crippen LogP contribution >= 0.6 is 0 Å². The maximum atomic E-state index is 12.4. The lowest BCUT2D eigenvalue weighted by Crippen LogP contribution is -2.27. The minimum Gasteiger partial charge on any atom is -0.446 e. The van der Waals surface area contributed by atoms with Crippen LogP contribution in [0.5, 0.6) is 0 Å². The average Bonchev–Trinajstić information content (AvgIpc) is 3.20. The van der Waals surface area contributed by atoms with Crippen LogP contribution in [0.25, 0.3) is 0 Å². The molecular weight excluding hydrogens is 368 g/mol. The summed E-state index contributed by atoms with van der Waals surface area (Å²) in [5, 5.41) is -0.170. The molecule has 0 unspecified atom stereocenters. The van der Waals surface area contributed by atoms with Gasteiger partial charge in [0, 0.05) is 31.6 Å². The number of hydrogen-bond acceptors (Lipinski definition) is 6. The number of furan rings is 1. The third-order valence-corrected chi connectivity index (χ3v) is 6.88. The van der Waals surface area contributed by atoms with Gasteiger partial charge in [0.15, 0.2) is 9.84 Å². The Balaban J connectivity index is 1.88. The van der Waals surface area contributed by atoms with Crippen LogP contribution in [-0.4, -0.2) is 45.1 Å². The van der Waals surface area contributed by atoms with Crippen LogP contribution in [0.2, 0.25) is 0 Å². The molecule has 1 aliphatic rings. The molecule has 0 aliphatic carbocycles. The summed E-state index contributed by atoms with van der Waals surface area (Å²) in [7, 11) is -7.12. The summed E-state index contributed by atoms with van der Waals surface area (Å²) in [5.41, 5.74) is -0.409. The summed E-state index contributed by atoms with van der Waals surface area (Å²) in [6.07, 6.45) is 3.90. The third kappa shape index (κ3) is 3.70. The zero-order valence-corrected chi connectivity index (χ0v) is 15.2. The molecule has 3 heterocycles. The fraction of sp³-hybridized carbons (Fsp3) is 0.400. The maximum absolute atomic E-state index is 12.4. The molecule has 0 spiro atoms. The summed E-state index contributed by atoms with van der Waals surface area (Å²) >= 11 is 0. The monoisotopic (exact) mass is 386 g/mol. The van der Waals surface area contributed by atoms with Gasteiger partial charge in [-0.1, -0.05) is 0 Å². The van der Waals surface area contributed by atoms with E-state index >= 15 is 0 Å². The summed E-state index contributed by atoms with van der Waals surface area (Å²) in [4.78, 5) is 11.9. The molecule has 2 aromatic heterocycles. The van der Waals surface area contributed by atoms with Crippen LogP contribution in [-0.2, 0) is 26.4 Å². The molecule has 8 nitrogen and oxygen atoms in total. The molecule has 0 amide bonds. The smallest absolute Gasteiger partial charge is 0.276 e. The number of hydrogen-bond donors (Lipinski definition) is 0. The number of nitrogens with zero attached hydrogens (tertiary/aromatic N) is 2. The lowest BCUT2D eigenvalue weighted by molar-refractivity contribution is 0.382. The third-order valence-electron chi connectivity index (χ3n) is 4.01. The van der Waals surface area contributed by atoms with E-state index in [0.717, 1.165) is 25.2 Å². The molecule has 0 radical (unpaired) electrons. The van der Waals surface area contributed by atoms with E-state index in [1.807, 2.05) is 0 Å². The largest absolute Gasteiger partial charge is 0.446 e. The number of sulfonamides is 1. The van der Waals surface area contributed by atoms with Gasteiger partial charge in [0.05, 0.1) is 11.4 Å². The average molecular weight is 386 g/mol. The van der Waals surface area contributed by atoms with Gasteiger partial charge in [-0.2, -0.15) is 4.31 Å².